The molecule has 43 heavy (non-hydrogen) atoms. The van der Waals surface area contributed by atoms with E-state index in [0.29, 0.717) is 37.1 Å². The fourth-order valence-electron chi connectivity index (χ4n) is 5.25. The molecule has 0 aliphatic carbocycles. The molecule has 10 nitrogen and oxygen atoms in total. The molecule has 0 aromatic heterocycles. The number of carbonyl (C=O) groups excluding carboxylic acids is 5. The van der Waals surface area contributed by atoms with Crippen molar-refractivity contribution in [2.75, 3.05) is 33.2 Å². The monoisotopic (exact) mass is 625 g/mol. The number of hydrogen-bond acceptors (Lipinski definition) is 7. The zero-order valence-corrected chi connectivity index (χ0v) is 26.3. The largest absolute Gasteiger partial charge is 0.357 e. The number of likely N-dealkylation sites (N-methyl/N-ethyl adjacent to an activating group) is 1. The van der Waals surface area contributed by atoms with Crippen LogP contribution in [0.3, 0.4) is 0 Å². The predicted octanol–water partition coefficient (Wildman–Crippen LogP) is 2.60. The van der Waals surface area contributed by atoms with Gasteiger partial charge >= 0.3 is 6.03 Å². The topological polar surface area (TPSA) is 128 Å². The lowest BCUT2D eigenvalue weighted by Crippen LogP contribution is -2.50. The number of likely N-dealkylation sites (tertiary alicyclic amines) is 1. The number of carbonyl (C=O) groups is 5. The van der Waals surface area contributed by atoms with Gasteiger partial charge in [-0.1, -0.05) is 56.3 Å². The molecule has 1 fully saturated rings. The average Bonchev–Trinajstić information content (AvgIpc) is 3.48. The molecule has 12 heteroatoms. The lowest BCUT2D eigenvalue weighted by molar-refractivity contribution is -0.128. The Morgan fingerprint density at radius 3 is 2.19 bits per heavy atom. The molecular formula is C31H39N5O5S2. The Kier molecular flexibility index (Phi) is 11.1. The molecule has 0 radical (unpaired) electrons. The van der Waals surface area contributed by atoms with Crippen molar-refractivity contribution in [3.8, 4) is 0 Å². The fourth-order valence-corrected chi connectivity index (χ4v) is 7.39. The minimum Gasteiger partial charge on any atom is -0.357 e. The molecule has 4 atom stereocenters. The third-order valence-corrected chi connectivity index (χ3v) is 9.78. The van der Waals surface area contributed by atoms with Gasteiger partial charge in [0.2, 0.25) is 11.8 Å². The van der Waals surface area contributed by atoms with Crippen molar-refractivity contribution in [3.63, 3.8) is 0 Å². The van der Waals surface area contributed by atoms with Crippen molar-refractivity contribution in [1.82, 2.24) is 25.8 Å². The molecule has 6 amide bonds. The van der Waals surface area contributed by atoms with Crippen LogP contribution in [-0.4, -0.2) is 94.5 Å². The van der Waals surface area contributed by atoms with Gasteiger partial charge in [-0.3, -0.25) is 24.1 Å². The van der Waals surface area contributed by atoms with Gasteiger partial charge in [0, 0.05) is 50.1 Å². The SMILES string of the molecule is CNC(=O)[C@H](Cc1ccccc1)NC(=O)[C@@H](CC(C)C)S[C@H]1CN(C(=O)NCCN2C(=O)c3ccccc3C2=O)C[C@H]1S. The Balaban J connectivity index is 1.32. The highest BCUT2D eigenvalue weighted by Gasteiger charge is 2.38. The molecule has 0 spiro atoms. The van der Waals surface area contributed by atoms with Gasteiger partial charge in [-0.2, -0.15) is 12.6 Å². The number of hydrogen-bond donors (Lipinski definition) is 4. The van der Waals surface area contributed by atoms with Crippen LogP contribution in [0.4, 0.5) is 4.79 Å². The number of thioether (sulfide) groups is 1. The number of rotatable bonds is 12. The Labute approximate surface area is 262 Å². The predicted molar refractivity (Wildman–Crippen MR) is 170 cm³/mol. The summed E-state index contributed by atoms with van der Waals surface area (Å²) in [7, 11) is 1.55. The maximum Gasteiger partial charge on any atom is 0.317 e. The molecular weight excluding hydrogens is 587 g/mol. The van der Waals surface area contributed by atoms with E-state index in [1.165, 1.54) is 11.8 Å². The lowest BCUT2D eigenvalue weighted by Gasteiger charge is -2.26. The summed E-state index contributed by atoms with van der Waals surface area (Å²) in [6, 6.07) is 15.2. The number of nitrogens with zero attached hydrogens (tertiary/aromatic N) is 2. The zero-order chi connectivity index (χ0) is 31.1. The second kappa shape index (κ2) is 14.8. The maximum absolute atomic E-state index is 13.5. The van der Waals surface area contributed by atoms with E-state index in [0.717, 1.165) is 10.5 Å². The Morgan fingerprint density at radius 1 is 0.953 bits per heavy atom. The van der Waals surface area contributed by atoms with Crippen LogP contribution in [0, 0.1) is 5.92 Å². The maximum atomic E-state index is 13.5. The summed E-state index contributed by atoms with van der Waals surface area (Å²) in [5.41, 5.74) is 1.69. The highest BCUT2D eigenvalue weighted by Crippen LogP contribution is 2.33. The molecule has 2 heterocycles. The van der Waals surface area contributed by atoms with E-state index >= 15 is 0 Å². The summed E-state index contributed by atoms with van der Waals surface area (Å²) in [5.74, 6) is -0.966. The normalized spacial score (nSPS) is 19.3. The summed E-state index contributed by atoms with van der Waals surface area (Å²) in [6.45, 7) is 5.06. The zero-order valence-electron chi connectivity index (χ0n) is 24.6. The molecule has 230 valence electrons. The minimum atomic E-state index is -0.713. The molecule has 0 unspecified atom stereocenters. The number of fused-ring (bicyclic) bond motifs is 1. The smallest absolute Gasteiger partial charge is 0.317 e. The molecule has 2 aromatic rings. The van der Waals surface area contributed by atoms with Crippen LogP contribution in [-0.2, 0) is 16.0 Å². The molecule has 4 rings (SSSR count). The van der Waals surface area contributed by atoms with Gasteiger partial charge in [0.15, 0.2) is 0 Å². The number of imide groups is 1. The number of nitrogens with one attached hydrogen (secondary N) is 3. The molecule has 3 N–H and O–H groups in total. The van der Waals surface area contributed by atoms with Gasteiger partial charge < -0.3 is 20.9 Å². The summed E-state index contributed by atoms with van der Waals surface area (Å²) in [6.07, 6.45) is 0.977. The highest BCUT2D eigenvalue weighted by molar-refractivity contribution is 8.02. The van der Waals surface area contributed by atoms with Crippen LogP contribution in [0.2, 0.25) is 0 Å². The standard InChI is InChI=1S/C31H39N5O5S2/c1-19(2)15-25(28(38)34-23(27(37)32-3)16-20-9-5-4-6-10-20)43-26-18-35(17-24(26)42)31(41)33-13-14-36-29(39)21-11-7-8-12-22(21)30(36)40/h4-12,19,23-26,42H,13-18H2,1-3H3,(H,32,37)(H,33,41)(H,34,38)/t23-,24+,25+,26-/m0/s1. The van der Waals surface area contributed by atoms with E-state index in [1.54, 1.807) is 36.2 Å². The molecule has 2 aliphatic heterocycles. The second-order valence-corrected chi connectivity index (χ2v) is 13.3. The second-order valence-electron chi connectivity index (χ2n) is 11.2. The minimum absolute atomic E-state index is 0.0700. The van der Waals surface area contributed by atoms with Gasteiger partial charge in [0.1, 0.15) is 6.04 Å². The fraction of sp³-hybridized carbons (Fsp3) is 0.452. The van der Waals surface area contributed by atoms with Crippen LogP contribution in [0.15, 0.2) is 54.6 Å². The number of urea groups is 1. The first kappa shape index (κ1) is 32.4. The van der Waals surface area contributed by atoms with Crippen molar-refractivity contribution in [1.29, 1.82) is 0 Å². The summed E-state index contributed by atoms with van der Waals surface area (Å²) >= 11 is 6.22. The molecule has 0 saturated carbocycles. The third-order valence-electron chi connectivity index (χ3n) is 7.49. The van der Waals surface area contributed by atoms with Gasteiger partial charge in [-0.05, 0) is 30.0 Å². The van der Waals surface area contributed by atoms with E-state index in [9.17, 15) is 24.0 Å². The Hall–Kier alpha value is -3.51. The van der Waals surface area contributed by atoms with Crippen molar-refractivity contribution in [2.45, 2.75) is 48.5 Å². The third kappa shape index (κ3) is 8.11. The molecule has 2 aromatic carbocycles. The number of thiol groups is 1. The van der Waals surface area contributed by atoms with Crippen molar-refractivity contribution < 1.29 is 24.0 Å². The summed E-state index contributed by atoms with van der Waals surface area (Å²) in [4.78, 5) is 67.1. The van der Waals surface area contributed by atoms with E-state index in [1.807, 2.05) is 44.2 Å². The molecule has 0 bridgehead atoms. The quantitative estimate of drug-likeness (QED) is 0.212. The van der Waals surface area contributed by atoms with Crippen LogP contribution in [0.5, 0.6) is 0 Å². The van der Waals surface area contributed by atoms with Gasteiger partial charge in [-0.25, -0.2) is 4.79 Å². The van der Waals surface area contributed by atoms with Crippen LogP contribution >= 0.6 is 24.4 Å². The van der Waals surface area contributed by atoms with Gasteiger partial charge in [0.05, 0.1) is 16.4 Å². The Bertz CT molecular complexity index is 1310. The number of amides is 6. The lowest BCUT2D eigenvalue weighted by atomic mass is 10.0. The average molecular weight is 626 g/mol. The first-order chi connectivity index (χ1) is 20.6. The van der Waals surface area contributed by atoms with Crippen molar-refractivity contribution in [2.24, 2.45) is 5.92 Å². The highest BCUT2D eigenvalue weighted by atomic mass is 32.2. The van der Waals surface area contributed by atoms with Crippen LogP contribution in [0.25, 0.3) is 0 Å². The first-order valence-electron chi connectivity index (χ1n) is 14.5. The molecule has 2 aliphatic rings. The van der Waals surface area contributed by atoms with Crippen LogP contribution < -0.4 is 16.0 Å². The van der Waals surface area contributed by atoms with Gasteiger partial charge in [-0.15, -0.1) is 11.8 Å². The molecule has 1 saturated heterocycles. The van der Waals surface area contributed by atoms with Crippen molar-refractivity contribution >= 4 is 54.1 Å². The van der Waals surface area contributed by atoms with E-state index in [4.69, 9.17) is 12.6 Å². The summed E-state index contributed by atoms with van der Waals surface area (Å²) in [5, 5.41) is 7.73. The summed E-state index contributed by atoms with van der Waals surface area (Å²) < 4.78 is 0. The van der Waals surface area contributed by atoms with Crippen LogP contribution in [0.1, 0.15) is 46.5 Å². The first-order valence-corrected chi connectivity index (χ1v) is 15.9. The van der Waals surface area contributed by atoms with E-state index < -0.39 is 11.3 Å². The number of benzene rings is 2. The Morgan fingerprint density at radius 2 is 1.58 bits per heavy atom. The van der Waals surface area contributed by atoms with Crippen molar-refractivity contribution in [3.05, 3.63) is 71.3 Å². The van der Waals surface area contributed by atoms with E-state index in [2.05, 4.69) is 16.0 Å². The van der Waals surface area contributed by atoms with Gasteiger partial charge in [0.25, 0.3) is 11.8 Å². The van der Waals surface area contributed by atoms with E-state index in [-0.39, 0.29) is 59.2 Å².